The van der Waals surface area contributed by atoms with Crippen LogP contribution >= 0.6 is 15.9 Å². The lowest BCUT2D eigenvalue weighted by Crippen LogP contribution is -2.30. The smallest absolute Gasteiger partial charge is 0.0634 e. The summed E-state index contributed by atoms with van der Waals surface area (Å²) in [5.74, 6) is 0. The van der Waals surface area contributed by atoms with Gasteiger partial charge < -0.3 is 15.5 Å². The van der Waals surface area contributed by atoms with E-state index in [4.69, 9.17) is 5.73 Å². The average molecular weight is 298 g/mol. The van der Waals surface area contributed by atoms with Gasteiger partial charge in [0.15, 0.2) is 0 Å². The van der Waals surface area contributed by atoms with Crippen molar-refractivity contribution in [1.29, 1.82) is 0 Å². The van der Waals surface area contributed by atoms with Gasteiger partial charge in [-0.1, -0.05) is 15.9 Å². The van der Waals surface area contributed by atoms with Gasteiger partial charge in [0.05, 0.1) is 11.4 Å². The Kier molecular flexibility index (Phi) is 3.94. The summed E-state index contributed by atoms with van der Waals surface area (Å²) in [5, 5.41) is 0. The molecule has 4 heteroatoms. The van der Waals surface area contributed by atoms with Crippen LogP contribution in [0.1, 0.15) is 12.0 Å². The zero-order chi connectivity index (χ0) is 12.4. The van der Waals surface area contributed by atoms with Gasteiger partial charge in [-0.25, -0.2) is 0 Å². The van der Waals surface area contributed by atoms with Gasteiger partial charge in [-0.15, -0.1) is 0 Å². The zero-order valence-electron chi connectivity index (χ0n) is 10.5. The first-order valence-electron chi connectivity index (χ1n) is 6.10. The van der Waals surface area contributed by atoms with Gasteiger partial charge in [0, 0.05) is 37.7 Å². The van der Waals surface area contributed by atoms with E-state index in [9.17, 15) is 0 Å². The molecule has 0 radical (unpaired) electrons. The van der Waals surface area contributed by atoms with Gasteiger partial charge in [-0.05, 0) is 31.0 Å². The minimum Gasteiger partial charge on any atom is -0.373 e. The zero-order valence-corrected chi connectivity index (χ0v) is 12.1. The van der Waals surface area contributed by atoms with Gasteiger partial charge >= 0.3 is 0 Å². The standard InChI is InChI=1S/C13H20BrN3/c1-10-8-11(14)9-12-13(10)17(7-4-15)6-3-5-16(12)2/h8-9H,3-7,15H2,1-2H3. The van der Waals surface area contributed by atoms with Gasteiger partial charge in [-0.3, -0.25) is 0 Å². The van der Waals surface area contributed by atoms with E-state index in [2.05, 4.69) is 51.8 Å². The molecule has 0 amide bonds. The molecule has 1 aromatic carbocycles. The molecule has 0 bridgehead atoms. The normalized spacial score (nSPS) is 15.8. The monoisotopic (exact) mass is 297 g/mol. The second kappa shape index (κ2) is 5.27. The molecule has 0 saturated heterocycles. The van der Waals surface area contributed by atoms with E-state index < -0.39 is 0 Å². The maximum absolute atomic E-state index is 5.72. The second-order valence-electron chi connectivity index (χ2n) is 4.64. The molecule has 0 fully saturated rings. The Morgan fingerprint density at radius 1 is 1.35 bits per heavy atom. The molecule has 2 N–H and O–H groups in total. The SMILES string of the molecule is Cc1cc(Br)cc2c1N(CCN)CCCN2C. The summed E-state index contributed by atoms with van der Waals surface area (Å²) in [6, 6.07) is 4.39. The van der Waals surface area contributed by atoms with Crippen molar-refractivity contribution in [1.82, 2.24) is 0 Å². The molecule has 0 unspecified atom stereocenters. The van der Waals surface area contributed by atoms with E-state index >= 15 is 0 Å². The third-order valence-corrected chi connectivity index (χ3v) is 3.75. The largest absolute Gasteiger partial charge is 0.373 e. The Labute approximate surface area is 112 Å². The molecular weight excluding hydrogens is 278 g/mol. The third-order valence-electron chi connectivity index (χ3n) is 3.29. The molecule has 0 aliphatic carbocycles. The second-order valence-corrected chi connectivity index (χ2v) is 5.56. The van der Waals surface area contributed by atoms with Crippen molar-refractivity contribution in [3.8, 4) is 0 Å². The molecule has 1 heterocycles. The van der Waals surface area contributed by atoms with Crippen molar-refractivity contribution in [2.24, 2.45) is 5.73 Å². The van der Waals surface area contributed by atoms with Crippen LogP contribution in [0.4, 0.5) is 11.4 Å². The fraction of sp³-hybridized carbons (Fsp3) is 0.538. The predicted octanol–water partition coefficient (Wildman–Crippen LogP) is 2.36. The summed E-state index contributed by atoms with van der Waals surface area (Å²) >= 11 is 3.58. The molecule has 1 aliphatic rings. The molecular formula is C13H20BrN3. The molecule has 3 nitrogen and oxygen atoms in total. The maximum Gasteiger partial charge on any atom is 0.0634 e. The van der Waals surface area contributed by atoms with Crippen molar-refractivity contribution < 1.29 is 0 Å². The third kappa shape index (κ3) is 2.58. The molecule has 1 aliphatic heterocycles. The highest BCUT2D eigenvalue weighted by Gasteiger charge is 2.20. The number of anilines is 2. The van der Waals surface area contributed by atoms with E-state index in [1.54, 1.807) is 0 Å². The van der Waals surface area contributed by atoms with Crippen LogP contribution in [0.5, 0.6) is 0 Å². The van der Waals surface area contributed by atoms with E-state index in [0.717, 1.165) is 24.1 Å². The van der Waals surface area contributed by atoms with Crippen LogP contribution in [-0.4, -0.2) is 33.2 Å². The molecule has 17 heavy (non-hydrogen) atoms. The van der Waals surface area contributed by atoms with Crippen LogP contribution in [0.25, 0.3) is 0 Å². The van der Waals surface area contributed by atoms with Crippen LogP contribution < -0.4 is 15.5 Å². The number of hydrogen-bond donors (Lipinski definition) is 1. The Morgan fingerprint density at radius 2 is 2.12 bits per heavy atom. The van der Waals surface area contributed by atoms with E-state index in [1.165, 1.54) is 23.4 Å². The fourth-order valence-electron chi connectivity index (χ4n) is 2.53. The molecule has 94 valence electrons. The van der Waals surface area contributed by atoms with Crippen molar-refractivity contribution >= 4 is 27.3 Å². The maximum atomic E-state index is 5.72. The fourth-order valence-corrected chi connectivity index (χ4v) is 3.09. The highest BCUT2D eigenvalue weighted by molar-refractivity contribution is 9.10. The van der Waals surface area contributed by atoms with Crippen LogP contribution in [0, 0.1) is 6.92 Å². The quantitative estimate of drug-likeness (QED) is 0.910. The first kappa shape index (κ1) is 12.7. The highest BCUT2D eigenvalue weighted by atomic mass is 79.9. The molecule has 0 saturated carbocycles. The Bertz CT molecular complexity index is 406. The number of hydrogen-bond acceptors (Lipinski definition) is 3. The van der Waals surface area contributed by atoms with Crippen molar-refractivity contribution in [3.05, 3.63) is 22.2 Å². The number of nitrogens with two attached hydrogens (primary N) is 1. The first-order valence-corrected chi connectivity index (χ1v) is 6.89. The van der Waals surface area contributed by atoms with Crippen LogP contribution in [0.3, 0.4) is 0 Å². The van der Waals surface area contributed by atoms with E-state index in [-0.39, 0.29) is 0 Å². The number of fused-ring (bicyclic) bond motifs is 1. The molecule has 0 aromatic heterocycles. The van der Waals surface area contributed by atoms with Gasteiger partial charge in [0.2, 0.25) is 0 Å². The number of rotatable bonds is 2. The Morgan fingerprint density at radius 3 is 2.82 bits per heavy atom. The van der Waals surface area contributed by atoms with Gasteiger partial charge in [-0.2, -0.15) is 0 Å². The van der Waals surface area contributed by atoms with E-state index in [0.29, 0.717) is 6.54 Å². The minimum absolute atomic E-state index is 0.707. The topological polar surface area (TPSA) is 32.5 Å². The van der Waals surface area contributed by atoms with Crippen molar-refractivity contribution in [3.63, 3.8) is 0 Å². The summed E-state index contributed by atoms with van der Waals surface area (Å²) in [4.78, 5) is 4.75. The lowest BCUT2D eigenvalue weighted by atomic mass is 10.1. The average Bonchev–Trinajstić information content (AvgIpc) is 2.40. The van der Waals surface area contributed by atoms with E-state index in [1.807, 2.05) is 0 Å². The summed E-state index contributed by atoms with van der Waals surface area (Å²) in [6.07, 6.45) is 1.18. The summed E-state index contributed by atoms with van der Waals surface area (Å²) < 4.78 is 1.15. The first-order chi connectivity index (χ1) is 8.13. The Hall–Kier alpha value is -0.740. The minimum atomic E-state index is 0.707. The van der Waals surface area contributed by atoms with Crippen LogP contribution in [-0.2, 0) is 0 Å². The highest BCUT2D eigenvalue weighted by Crippen LogP contribution is 2.37. The predicted molar refractivity (Wildman–Crippen MR) is 78.0 cm³/mol. The number of benzene rings is 1. The summed E-state index contributed by atoms with van der Waals surface area (Å²) in [5.41, 5.74) is 9.69. The van der Waals surface area contributed by atoms with Crippen molar-refractivity contribution in [2.45, 2.75) is 13.3 Å². The lowest BCUT2D eigenvalue weighted by Gasteiger charge is -2.27. The number of aryl methyl sites for hydroxylation is 1. The van der Waals surface area contributed by atoms with Crippen LogP contribution in [0.15, 0.2) is 16.6 Å². The summed E-state index contributed by atoms with van der Waals surface area (Å²) in [6.45, 7) is 6.01. The number of halogens is 1. The van der Waals surface area contributed by atoms with Gasteiger partial charge in [0.25, 0.3) is 0 Å². The Balaban J connectivity index is 2.50. The molecule has 2 rings (SSSR count). The molecule has 0 atom stereocenters. The number of nitrogens with zero attached hydrogens (tertiary/aromatic N) is 2. The lowest BCUT2D eigenvalue weighted by molar-refractivity contribution is 0.740. The van der Waals surface area contributed by atoms with Crippen LogP contribution in [0.2, 0.25) is 0 Å². The van der Waals surface area contributed by atoms with Crippen molar-refractivity contribution in [2.75, 3.05) is 43.0 Å². The molecule has 0 spiro atoms. The summed E-state index contributed by atoms with van der Waals surface area (Å²) in [7, 11) is 2.16. The van der Waals surface area contributed by atoms with Gasteiger partial charge in [0.1, 0.15) is 0 Å². The molecule has 1 aromatic rings.